The van der Waals surface area contributed by atoms with Crippen molar-refractivity contribution in [2.24, 2.45) is 0 Å². The van der Waals surface area contributed by atoms with E-state index in [-0.39, 0.29) is 104 Å². The molecule has 1 amide bonds. The summed E-state index contributed by atoms with van der Waals surface area (Å²) in [6, 6.07) is 0. The van der Waals surface area contributed by atoms with Crippen LogP contribution >= 0.6 is 0 Å². The number of carbonyl (C=O) groups is 1. The summed E-state index contributed by atoms with van der Waals surface area (Å²) in [6.45, 7) is 4.39. The van der Waals surface area contributed by atoms with Gasteiger partial charge in [-0.05, 0) is 0 Å². The molecule has 0 fully saturated rings. The fraction of sp³-hybridized carbons (Fsp3) is 0.667. The molecule has 0 aliphatic heterocycles. The average Bonchev–Trinajstić information content (AvgIpc) is 1.85. The fourth-order valence-electron chi connectivity index (χ4n) is 0.423. The smallest absolute Gasteiger partial charge is 0.219 e. The summed E-state index contributed by atoms with van der Waals surface area (Å²) in [6.07, 6.45) is 0.423. The van der Waals surface area contributed by atoms with Crippen LogP contribution in [0.2, 0.25) is 0 Å². The minimum Gasteiger partial charge on any atom is -0.386 e. The SMILES string of the molecule is [CH2-]CNC(=O)CCOC.[Y].[Y].[Y]. The topological polar surface area (TPSA) is 38.3 Å². The van der Waals surface area contributed by atoms with E-state index in [2.05, 4.69) is 17.0 Å². The van der Waals surface area contributed by atoms with E-state index in [0.717, 1.165) is 0 Å². The molecule has 0 aromatic carbocycles. The molecule has 12 heavy (non-hydrogen) atoms. The zero-order chi connectivity index (χ0) is 7.11. The van der Waals surface area contributed by atoms with Gasteiger partial charge in [-0.1, -0.05) is 0 Å². The molecule has 63 valence electrons. The normalized spacial score (nSPS) is 6.83. The number of ether oxygens (including phenoxy) is 1. The monoisotopic (exact) mass is 397 g/mol. The molecule has 3 nitrogen and oxygen atoms in total. The Hall–Kier alpha value is 2.74. The Morgan fingerprint density at radius 3 is 2.25 bits per heavy atom. The second-order valence-electron chi connectivity index (χ2n) is 1.59. The molecule has 1 N–H and O–H groups in total. The third kappa shape index (κ3) is 18.5. The maximum atomic E-state index is 10.6. The minimum atomic E-state index is -0.00755. The summed E-state index contributed by atoms with van der Waals surface area (Å²) in [4.78, 5) is 10.6. The Morgan fingerprint density at radius 2 is 1.92 bits per heavy atom. The molecule has 0 bridgehead atoms. The van der Waals surface area contributed by atoms with Gasteiger partial charge in [-0.3, -0.25) is 4.79 Å². The van der Waals surface area contributed by atoms with E-state index in [1.165, 1.54) is 0 Å². The summed E-state index contributed by atoms with van der Waals surface area (Å²) in [5.74, 6) is -0.00755. The second-order valence-corrected chi connectivity index (χ2v) is 1.59. The van der Waals surface area contributed by atoms with E-state index in [0.29, 0.717) is 19.6 Å². The standard InChI is InChI=1S/C6H12NO2.3Y/c1-3-7-6(8)4-5-9-2;;;/h1,3-5H2,2H3,(H,7,8);;;/q-1;;;. The van der Waals surface area contributed by atoms with Crippen molar-refractivity contribution in [1.29, 1.82) is 0 Å². The number of nitrogens with one attached hydrogen (secondary N) is 1. The first-order chi connectivity index (χ1) is 4.31. The molecule has 0 aromatic heterocycles. The van der Waals surface area contributed by atoms with Crippen LogP contribution in [0.5, 0.6) is 0 Å². The zero-order valence-corrected chi connectivity index (χ0v) is 15.9. The van der Waals surface area contributed by atoms with Gasteiger partial charge in [0.25, 0.3) is 0 Å². The first-order valence-corrected chi connectivity index (χ1v) is 2.86. The molecule has 0 atom stereocenters. The van der Waals surface area contributed by atoms with Crippen LogP contribution in [0.1, 0.15) is 6.42 Å². The van der Waals surface area contributed by atoms with Gasteiger partial charge >= 0.3 is 0 Å². The Labute approximate surface area is 150 Å². The van der Waals surface area contributed by atoms with Crippen molar-refractivity contribution in [2.75, 3.05) is 20.3 Å². The largest absolute Gasteiger partial charge is 0.386 e. The van der Waals surface area contributed by atoms with E-state index >= 15 is 0 Å². The van der Waals surface area contributed by atoms with Crippen molar-refractivity contribution < 1.29 is 108 Å². The van der Waals surface area contributed by atoms with Crippen LogP contribution < -0.4 is 5.32 Å². The van der Waals surface area contributed by atoms with Crippen LogP contribution in [0.15, 0.2) is 0 Å². The fourth-order valence-corrected chi connectivity index (χ4v) is 0.423. The van der Waals surface area contributed by atoms with Gasteiger partial charge in [0.1, 0.15) is 0 Å². The molecule has 3 radical (unpaired) electrons. The zero-order valence-electron chi connectivity index (χ0n) is 7.38. The van der Waals surface area contributed by atoms with Crippen molar-refractivity contribution in [3.63, 3.8) is 0 Å². The van der Waals surface area contributed by atoms with Gasteiger partial charge < -0.3 is 17.0 Å². The van der Waals surface area contributed by atoms with Crippen LogP contribution in [0.3, 0.4) is 0 Å². The van der Waals surface area contributed by atoms with Gasteiger partial charge in [-0.15, -0.1) is 6.54 Å². The number of hydrogen-bond donors (Lipinski definition) is 1. The molecule has 0 heterocycles. The maximum Gasteiger partial charge on any atom is 0.219 e. The predicted octanol–water partition coefficient (Wildman–Crippen LogP) is -0.0343. The Morgan fingerprint density at radius 1 is 1.42 bits per heavy atom. The minimum absolute atomic E-state index is 0. The molecule has 0 aromatic rings. The molecule has 0 saturated carbocycles. The predicted molar refractivity (Wildman–Crippen MR) is 34.9 cm³/mol. The van der Waals surface area contributed by atoms with Crippen LogP contribution in [-0.4, -0.2) is 26.2 Å². The van der Waals surface area contributed by atoms with Crippen molar-refractivity contribution in [1.82, 2.24) is 5.32 Å². The first-order valence-electron chi connectivity index (χ1n) is 2.86. The second kappa shape index (κ2) is 19.3. The maximum absolute atomic E-state index is 10.6. The molecular weight excluding hydrogens is 385 g/mol. The summed E-state index contributed by atoms with van der Waals surface area (Å²) >= 11 is 0. The van der Waals surface area contributed by atoms with Crippen molar-refractivity contribution >= 4 is 5.91 Å². The molecule has 0 spiro atoms. The van der Waals surface area contributed by atoms with Crippen molar-refractivity contribution in [2.45, 2.75) is 6.42 Å². The summed E-state index contributed by atoms with van der Waals surface area (Å²) in [7, 11) is 1.57. The van der Waals surface area contributed by atoms with E-state index in [4.69, 9.17) is 0 Å². The Balaban J connectivity index is -0.000000107. The molecular formula is C6H12NO2Y3-. The molecule has 0 saturated heterocycles. The number of hydrogen-bond acceptors (Lipinski definition) is 2. The van der Waals surface area contributed by atoms with Crippen LogP contribution in [0.25, 0.3) is 0 Å². The number of amides is 1. The van der Waals surface area contributed by atoms with Gasteiger partial charge in [0.05, 0.1) is 6.61 Å². The van der Waals surface area contributed by atoms with Crippen LogP contribution in [-0.2, 0) is 108 Å². The van der Waals surface area contributed by atoms with E-state index < -0.39 is 0 Å². The average molecular weight is 397 g/mol. The molecule has 6 heteroatoms. The third-order valence-corrected chi connectivity index (χ3v) is 0.855. The quantitative estimate of drug-likeness (QED) is 0.678. The molecule has 0 unspecified atom stereocenters. The molecule has 0 aliphatic rings. The van der Waals surface area contributed by atoms with Crippen molar-refractivity contribution in [3.8, 4) is 0 Å². The van der Waals surface area contributed by atoms with Gasteiger partial charge in [0.2, 0.25) is 5.91 Å². The summed E-state index contributed by atoms with van der Waals surface area (Å²) < 4.78 is 4.68. The van der Waals surface area contributed by atoms with E-state index in [9.17, 15) is 4.79 Å². The van der Waals surface area contributed by atoms with Gasteiger partial charge in [0.15, 0.2) is 0 Å². The number of methoxy groups -OCH3 is 1. The van der Waals surface area contributed by atoms with Gasteiger partial charge in [-0.25, -0.2) is 0 Å². The number of rotatable bonds is 4. The Bertz CT molecular complexity index is 92.9. The molecule has 0 rings (SSSR count). The van der Waals surface area contributed by atoms with E-state index in [1.54, 1.807) is 7.11 Å². The van der Waals surface area contributed by atoms with Crippen LogP contribution in [0.4, 0.5) is 0 Å². The third-order valence-electron chi connectivity index (χ3n) is 0.855. The van der Waals surface area contributed by atoms with Crippen molar-refractivity contribution in [3.05, 3.63) is 6.92 Å². The van der Waals surface area contributed by atoms with Crippen LogP contribution in [0, 0.1) is 6.92 Å². The summed E-state index contributed by atoms with van der Waals surface area (Å²) in [5, 5.41) is 2.55. The van der Waals surface area contributed by atoms with Gasteiger partial charge in [-0.2, -0.15) is 0 Å². The van der Waals surface area contributed by atoms with Gasteiger partial charge in [0, 0.05) is 112 Å². The number of carbonyl (C=O) groups excluding carboxylic acids is 1. The van der Waals surface area contributed by atoms with E-state index in [1.807, 2.05) is 0 Å². The first kappa shape index (κ1) is 24.1. The molecule has 0 aliphatic carbocycles. The Kier molecular flexibility index (Phi) is 38.9. The summed E-state index contributed by atoms with van der Waals surface area (Å²) in [5.41, 5.74) is 0.